The van der Waals surface area contributed by atoms with E-state index in [9.17, 15) is 13.2 Å². The van der Waals surface area contributed by atoms with Gasteiger partial charge in [0.15, 0.2) is 6.61 Å². The van der Waals surface area contributed by atoms with Crippen LogP contribution >= 0.6 is 0 Å². The van der Waals surface area contributed by atoms with Crippen molar-refractivity contribution in [3.8, 4) is 11.1 Å². The minimum Gasteiger partial charge on any atom is -0.385 e. The molecule has 0 radical (unpaired) electrons. The number of sulfonamides is 1. The van der Waals surface area contributed by atoms with Gasteiger partial charge in [-0.2, -0.15) is 0 Å². The van der Waals surface area contributed by atoms with Gasteiger partial charge < -0.3 is 10.2 Å². The summed E-state index contributed by atoms with van der Waals surface area (Å²) in [5.74, 6) is -0.396. The first-order valence-electron chi connectivity index (χ1n) is 9.59. The van der Waals surface area contributed by atoms with E-state index in [2.05, 4.69) is 10.5 Å². The summed E-state index contributed by atoms with van der Waals surface area (Å²) in [6.07, 6.45) is 0. The van der Waals surface area contributed by atoms with Crippen LogP contribution in [0.15, 0.2) is 82.8 Å². The van der Waals surface area contributed by atoms with E-state index < -0.39 is 15.9 Å². The molecule has 4 rings (SSSR count). The van der Waals surface area contributed by atoms with E-state index in [4.69, 9.17) is 4.84 Å². The Morgan fingerprint density at radius 1 is 0.871 bits per heavy atom. The third kappa shape index (κ3) is 4.08. The zero-order valence-corrected chi connectivity index (χ0v) is 17.9. The van der Waals surface area contributed by atoms with Crippen LogP contribution in [0.1, 0.15) is 11.1 Å². The van der Waals surface area contributed by atoms with Crippen molar-refractivity contribution in [1.29, 1.82) is 0 Å². The first-order chi connectivity index (χ1) is 14.9. The summed E-state index contributed by atoms with van der Waals surface area (Å²) in [4.78, 5) is 17.7. The zero-order valence-electron chi connectivity index (χ0n) is 17.1. The third-order valence-electron chi connectivity index (χ3n) is 4.92. The van der Waals surface area contributed by atoms with Gasteiger partial charge in [0.05, 0.1) is 4.90 Å². The molecule has 8 heteroatoms. The molecular weight excluding hydrogens is 414 g/mol. The molecular formula is C23H21N3O4S. The van der Waals surface area contributed by atoms with Gasteiger partial charge in [-0.3, -0.25) is 4.79 Å². The van der Waals surface area contributed by atoms with Crippen molar-refractivity contribution in [2.45, 2.75) is 4.90 Å². The van der Waals surface area contributed by atoms with E-state index in [1.807, 2.05) is 48.5 Å². The fraction of sp³-hybridized carbons (Fsp3) is 0.130. The molecule has 0 aromatic heterocycles. The number of nitrogens with zero attached hydrogens (tertiary/aromatic N) is 2. The first-order valence-corrected chi connectivity index (χ1v) is 11.0. The standard InChI is InChI=1S/C23H21N3O4S/c1-26(2)31(28,29)17-13-11-16(12-14-17)24-22(27)15-30-25-23-20-9-5-3-7-18(20)19-8-4-6-10-21(19)23/h3-14H,15H2,1-2H3,(H,24,27). The lowest BCUT2D eigenvalue weighted by Crippen LogP contribution is -2.22. The summed E-state index contributed by atoms with van der Waals surface area (Å²) in [5, 5.41) is 6.90. The summed E-state index contributed by atoms with van der Waals surface area (Å²) in [6, 6.07) is 21.8. The molecule has 0 heterocycles. The van der Waals surface area contributed by atoms with Crippen molar-refractivity contribution in [3.63, 3.8) is 0 Å². The van der Waals surface area contributed by atoms with Gasteiger partial charge in [0, 0.05) is 30.9 Å². The second-order valence-electron chi connectivity index (χ2n) is 7.16. The van der Waals surface area contributed by atoms with Crippen molar-refractivity contribution in [3.05, 3.63) is 83.9 Å². The number of carbonyl (C=O) groups is 1. The highest BCUT2D eigenvalue weighted by atomic mass is 32.2. The third-order valence-corrected chi connectivity index (χ3v) is 6.75. The number of nitrogens with one attached hydrogen (secondary N) is 1. The Hall–Kier alpha value is -3.49. The van der Waals surface area contributed by atoms with E-state index in [-0.39, 0.29) is 11.5 Å². The minimum atomic E-state index is -3.52. The Labute approximate surface area is 181 Å². The van der Waals surface area contributed by atoms with Crippen molar-refractivity contribution in [2.75, 3.05) is 26.0 Å². The lowest BCUT2D eigenvalue weighted by atomic mass is 10.1. The Balaban J connectivity index is 1.43. The largest absolute Gasteiger partial charge is 0.385 e. The molecule has 0 spiro atoms. The van der Waals surface area contributed by atoms with Crippen LogP contribution in [0.4, 0.5) is 5.69 Å². The number of oxime groups is 1. The highest BCUT2D eigenvalue weighted by Gasteiger charge is 2.24. The van der Waals surface area contributed by atoms with Gasteiger partial charge in [-0.1, -0.05) is 53.7 Å². The normalized spacial score (nSPS) is 12.3. The summed E-state index contributed by atoms with van der Waals surface area (Å²) in [5.41, 5.74) is 5.24. The van der Waals surface area contributed by atoms with E-state index in [1.165, 1.54) is 38.4 Å². The number of rotatable bonds is 6. The van der Waals surface area contributed by atoms with Gasteiger partial charge in [-0.25, -0.2) is 12.7 Å². The Morgan fingerprint density at radius 2 is 1.39 bits per heavy atom. The first kappa shape index (κ1) is 20.8. The molecule has 0 saturated heterocycles. The van der Waals surface area contributed by atoms with Crippen LogP contribution in [0.2, 0.25) is 0 Å². The quantitative estimate of drug-likeness (QED) is 0.471. The topological polar surface area (TPSA) is 88.1 Å². The number of carbonyl (C=O) groups excluding carboxylic acids is 1. The number of anilines is 1. The molecule has 1 aliphatic rings. The fourth-order valence-corrected chi connectivity index (χ4v) is 4.27. The molecule has 0 aliphatic heterocycles. The summed E-state index contributed by atoms with van der Waals surface area (Å²) in [6.45, 7) is -0.272. The molecule has 31 heavy (non-hydrogen) atoms. The number of hydrogen-bond acceptors (Lipinski definition) is 5. The minimum absolute atomic E-state index is 0.150. The van der Waals surface area contributed by atoms with Gasteiger partial charge in [0.2, 0.25) is 10.0 Å². The Kier molecular flexibility index (Phi) is 5.58. The molecule has 1 N–H and O–H groups in total. The average molecular weight is 436 g/mol. The van der Waals surface area contributed by atoms with Crippen LogP contribution in [0.5, 0.6) is 0 Å². The molecule has 1 aliphatic carbocycles. The SMILES string of the molecule is CN(C)S(=O)(=O)c1ccc(NC(=O)CON=C2c3ccccc3-c3ccccc32)cc1. The maximum atomic E-state index is 12.2. The highest BCUT2D eigenvalue weighted by Crippen LogP contribution is 2.36. The summed E-state index contributed by atoms with van der Waals surface area (Å²) < 4.78 is 25.4. The van der Waals surface area contributed by atoms with Crippen LogP contribution in [0.3, 0.4) is 0 Å². The van der Waals surface area contributed by atoms with E-state index >= 15 is 0 Å². The summed E-state index contributed by atoms with van der Waals surface area (Å²) in [7, 11) is -0.590. The van der Waals surface area contributed by atoms with Crippen molar-refractivity contribution < 1.29 is 18.0 Å². The summed E-state index contributed by atoms with van der Waals surface area (Å²) >= 11 is 0. The number of hydrogen-bond donors (Lipinski definition) is 1. The molecule has 0 unspecified atom stereocenters. The molecule has 0 saturated carbocycles. The van der Waals surface area contributed by atoms with E-state index in [0.29, 0.717) is 11.4 Å². The van der Waals surface area contributed by atoms with Crippen LogP contribution < -0.4 is 5.32 Å². The van der Waals surface area contributed by atoms with Gasteiger partial charge in [0.25, 0.3) is 5.91 Å². The number of benzene rings is 3. The van der Waals surface area contributed by atoms with Crippen LogP contribution in [-0.2, 0) is 19.7 Å². The Morgan fingerprint density at radius 3 is 1.90 bits per heavy atom. The predicted octanol–water partition coefficient (Wildman–Crippen LogP) is 3.33. The van der Waals surface area contributed by atoms with Crippen LogP contribution in [-0.4, -0.2) is 45.0 Å². The van der Waals surface area contributed by atoms with Crippen LogP contribution in [0.25, 0.3) is 11.1 Å². The molecule has 158 valence electrons. The second-order valence-corrected chi connectivity index (χ2v) is 9.32. The maximum Gasteiger partial charge on any atom is 0.265 e. The maximum absolute atomic E-state index is 12.2. The number of amides is 1. The second kappa shape index (κ2) is 8.33. The van der Waals surface area contributed by atoms with Crippen LogP contribution in [0, 0.1) is 0 Å². The highest BCUT2D eigenvalue weighted by molar-refractivity contribution is 7.89. The average Bonchev–Trinajstić information content (AvgIpc) is 3.08. The van der Waals surface area contributed by atoms with Gasteiger partial charge in [-0.05, 0) is 35.4 Å². The molecule has 1 amide bonds. The Bertz CT molecular complexity index is 1220. The van der Waals surface area contributed by atoms with Crippen molar-refractivity contribution in [1.82, 2.24) is 4.31 Å². The number of fused-ring (bicyclic) bond motifs is 3. The van der Waals surface area contributed by atoms with E-state index in [0.717, 1.165) is 26.6 Å². The fourth-order valence-electron chi connectivity index (χ4n) is 3.37. The monoisotopic (exact) mass is 435 g/mol. The van der Waals surface area contributed by atoms with Gasteiger partial charge >= 0.3 is 0 Å². The van der Waals surface area contributed by atoms with E-state index in [1.54, 1.807) is 0 Å². The lowest BCUT2D eigenvalue weighted by molar-refractivity contribution is -0.120. The smallest absolute Gasteiger partial charge is 0.265 e. The predicted molar refractivity (Wildman–Crippen MR) is 119 cm³/mol. The molecule has 0 fully saturated rings. The molecule has 0 atom stereocenters. The van der Waals surface area contributed by atoms with Crippen molar-refractivity contribution >= 4 is 27.3 Å². The van der Waals surface area contributed by atoms with Gasteiger partial charge in [0.1, 0.15) is 5.71 Å². The molecule has 3 aromatic carbocycles. The molecule has 3 aromatic rings. The lowest BCUT2D eigenvalue weighted by Gasteiger charge is -2.12. The zero-order chi connectivity index (χ0) is 22.0. The van der Waals surface area contributed by atoms with Crippen molar-refractivity contribution in [2.24, 2.45) is 5.16 Å². The molecule has 0 bridgehead atoms. The molecule has 7 nitrogen and oxygen atoms in total. The van der Waals surface area contributed by atoms with Gasteiger partial charge in [-0.15, -0.1) is 0 Å².